The Balaban J connectivity index is 2.14. The molecule has 1 aliphatic heterocycles. The molecule has 0 radical (unpaired) electrons. The highest BCUT2D eigenvalue weighted by molar-refractivity contribution is 7.14. The van der Waals surface area contributed by atoms with Gasteiger partial charge in [0.15, 0.2) is 5.76 Å². The lowest BCUT2D eigenvalue weighted by Crippen LogP contribution is -2.33. The summed E-state index contributed by atoms with van der Waals surface area (Å²) >= 11 is 1.25. The maximum Gasteiger partial charge on any atom is 0.290 e. The van der Waals surface area contributed by atoms with Gasteiger partial charge in [-0.15, -0.1) is 11.3 Å². The molecule has 1 N–H and O–H groups in total. The van der Waals surface area contributed by atoms with Crippen LogP contribution in [-0.4, -0.2) is 73.0 Å². The summed E-state index contributed by atoms with van der Waals surface area (Å²) in [6.45, 7) is 4.69. The van der Waals surface area contributed by atoms with Crippen LogP contribution >= 0.6 is 11.3 Å². The van der Waals surface area contributed by atoms with Gasteiger partial charge in [-0.05, 0) is 59.1 Å². The van der Waals surface area contributed by atoms with E-state index in [1.807, 2.05) is 25.9 Å². The zero-order valence-corrected chi connectivity index (χ0v) is 20.1. The molecular weight excluding hydrogens is 430 g/mol. The predicted molar refractivity (Wildman–Crippen MR) is 123 cm³/mol. The van der Waals surface area contributed by atoms with Gasteiger partial charge in [0.05, 0.1) is 41.4 Å². The number of benzene rings is 1. The summed E-state index contributed by atoms with van der Waals surface area (Å²) in [7, 11) is 6.98. The van der Waals surface area contributed by atoms with Gasteiger partial charge in [0.2, 0.25) is 5.78 Å². The number of methoxy groups -OCH3 is 2. The van der Waals surface area contributed by atoms with Crippen molar-refractivity contribution in [3.63, 3.8) is 0 Å². The molecule has 0 unspecified atom stereocenters. The number of hydrogen-bond acceptors (Lipinski definition) is 8. The van der Waals surface area contributed by atoms with Crippen LogP contribution in [0.2, 0.25) is 0 Å². The number of Topliss-reactive ketones (excluding diaryl/α,β-unsaturated/α-hetero) is 1. The number of ketones is 1. The van der Waals surface area contributed by atoms with Crippen LogP contribution in [0.4, 0.5) is 0 Å². The van der Waals surface area contributed by atoms with E-state index in [1.165, 1.54) is 23.3 Å². The van der Waals surface area contributed by atoms with Crippen molar-refractivity contribution in [1.29, 1.82) is 0 Å². The molecule has 1 aromatic carbocycles. The van der Waals surface area contributed by atoms with E-state index in [1.54, 1.807) is 32.2 Å². The molecule has 172 valence electrons. The fraction of sp³-hybridized carbons (Fsp3) is 0.435. The number of carbonyl (C=O) groups is 2. The third-order valence-corrected chi connectivity index (χ3v) is 6.47. The summed E-state index contributed by atoms with van der Waals surface area (Å²) < 4.78 is 10.9. The maximum atomic E-state index is 13.6. The van der Waals surface area contributed by atoms with Gasteiger partial charge in [0.25, 0.3) is 5.91 Å². The quantitative estimate of drug-likeness (QED) is 0.575. The van der Waals surface area contributed by atoms with Gasteiger partial charge in [-0.3, -0.25) is 9.59 Å². The first-order valence-corrected chi connectivity index (χ1v) is 11.1. The van der Waals surface area contributed by atoms with E-state index in [0.29, 0.717) is 40.6 Å². The van der Waals surface area contributed by atoms with Crippen LogP contribution in [0, 0.1) is 13.8 Å². The van der Waals surface area contributed by atoms with Gasteiger partial charge in [-0.25, -0.2) is 4.98 Å². The van der Waals surface area contributed by atoms with Crippen molar-refractivity contribution in [2.45, 2.75) is 26.3 Å². The number of hydrogen-bond donors (Lipinski definition) is 1. The van der Waals surface area contributed by atoms with Crippen LogP contribution in [0.15, 0.2) is 29.5 Å². The first kappa shape index (κ1) is 23.7. The molecule has 0 saturated heterocycles. The minimum absolute atomic E-state index is 0.0400. The Kier molecular flexibility index (Phi) is 7.20. The Morgan fingerprint density at radius 3 is 2.53 bits per heavy atom. The molecule has 1 atom stereocenters. The Morgan fingerprint density at radius 2 is 1.97 bits per heavy atom. The summed E-state index contributed by atoms with van der Waals surface area (Å²) in [6.07, 6.45) is 0.676. The molecule has 0 aliphatic carbocycles. The number of aryl methyl sites for hydroxylation is 2. The molecule has 1 aliphatic rings. The normalized spacial score (nSPS) is 16.3. The van der Waals surface area contributed by atoms with Crippen molar-refractivity contribution in [2.24, 2.45) is 0 Å². The van der Waals surface area contributed by atoms with Gasteiger partial charge < -0.3 is 24.4 Å². The van der Waals surface area contributed by atoms with Gasteiger partial charge in [0, 0.05) is 12.1 Å². The molecule has 3 rings (SSSR count). The number of amides is 1. The SMILES string of the molecule is COc1ccc(OC)c([C@@H]2C(C(=O)c3sc(C)nc3C)=C(O)C(=O)N2CCCN(C)C)c1. The van der Waals surface area contributed by atoms with Crippen LogP contribution in [0.3, 0.4) is 0 Å². The Morgan fingerprint density at radius 1 is 1.25 bits per heavy atom. The molecule has 0 spiro atoms. The third kappa shape index (κ3) is 4.49. The molecule has 2 heterocycles. The average molecular weight is 460 g/mol. The second-order valence-electron chi connectivity index (χ2n) is 7.90. The van der Waals surface area contributed by atoms with Crippen molar-refractivity contribution < 1.29 is 24.2 Å². The van der Waals surface area contributed by atoms with Crippen LogP contribution in [0.25, 0.3) is 0 Å². The van der Waals surface area contributed by atoms with Crippen molar-refractivity contribution >= 4 is 23.0 Å². The second kappa shape index (κ2) is 9.70. The average Bonchev–Trinajstić information content (AvgIpc) is 3.22. The summed E-state index contributed by atoms with van der Waals surface area (Å²) in [6, 6.07) is 4.42. The molecule has 9 heteroatoms. The van der Waals surface area contributed by atoms with Gasteiger partial charge in [0.1, 0.15) is 11.5 Å². The van der Waals surface area contributed by atoms with E-state index < -0.39 is 23.5 Å². The number of aliphatic hydroxyl groups is 1. The number of nitrogens with zero attached hydrogens (tertiary/aromatic N) is 3. The highest BCUT2D eigenvalue weighted by Crippen LogP contribution is 2.44. The number of ether oxygens (including phenoxy) is 2. The van der Waals surface area contributed by atoms with Crippen molar-refractivity contribution in [1.82, 2.24) is 14.8 Å². The smallest absolute Gasteiger partial charge is 0.290 e. The lowest BCUT2D eigenvalue weighted by atomic mass is 9.94. The Bertz CT molecular complexity index is 1060. The minimum Gasteiger partial charge on any atom is -0.503 e. The zero-order chi connectivity index (χ0) is 23.6. The first-order chi connectivity index (χ1) is 15.2. The fourth-order valence-electron chi connectivity index (χ4n) is 3.91. The molecule has 32 heavy (non-hydrogen) atoms. The lowest BCUT2D eigenvalue weighted by Gasteiger charge is -2.28. The Hall–Kier alpha value is -2.91. The molecule has 0 saturated carbocycles. The van der Waals surface area contributed by atoms with Gasteiger partial charge >= 0.3 is 0 Å². The van der Waals surface area contributed by atoms with Gasteiger partial charge in [-0.2, -0.15) is 0 Å². The number of aromatic nitrogens is 1. The third-order valence-electron chi connectivity index (χ3n) is 5.39. The van der Waals surface area contributed by atoms with E-state index >= 15 is 0 Å². The standard InChI is InChI=1S/C23H29N3O5S/c1-13-22(32-14(2)24-13)20(27)18-19(16-12-15(30-5)8-9-17(16)31-6)26(23(29)21(18)28)11-7-10-25(3)4/h8-9,12,19,28H,7,10-11H2,1-6H3/t19-/m1/s1. The Labute approximate surface area is 192 Å². The first-order valence-electron chi connectivity index (χ1n) is 10.3. The van der Waals surface area contributed by atoms with E-state index in [9.17, 15) is 14.7 Å². The topological polar surface area (TPSA) is 92.2 Å². The van der Waals surface area contributed by atoms with E-state index in [0.717, 1.165) is 11.6 Å². The summed E-state index contributed by atoms with van der Waals surface area (Å²) in [5.74, 6) is -0.437. The largest absolute Gasteiger partial charge is 0.503 e. The highest BCUT2D eigenvalue weighted by Gasteiger charge is 2.45. The number of thiazole rings is 1. The molecule has 8 nitrogen and oxygen atoms in total. The molecule has 0 bridgehead atoms. The summed E-state index contributed by atoms with van der Waals surface area (Å²) in [5.41, 5.74) is 1.20. The van der Waals surface area contributed by atoms with E-state index in [-0.39, 0.29) is 5.57 Å². The van der Waals surface area contributed by atoms with Crippen LogP contribution in [0.1, 0.15) is 38.4 Å². The van der Waals surface area contributed by atoms with Crippen molar-refractivity contribution in [3.8, 4) is 11.5 Å². The monoisotopic (exact) mass is 459 g/mol. The molecular formula is C23H29N3O5S. The van der Waals surface area contributed by atoms with Crippen LogP contribution in [0.5, 0.6) is 11.5 Å². The predicted octanol–water partition coefficient (Wildman–Crippen LogP) is 3.31. The maximum absolute atomic E-state index is 13.6. The lowest BCUT2D eigenvalue weighted by molar-refractivity contribution is -0.129. The number of rotatable bonds is 9. The van der Waals surface area contributed by atoms with Crippen molar-refractivity contribution in [2.75, 3.05) is 41.4 Å². The van der Waals surface area contributed by atoms with Crippen molar-refractivity contribution in [3.05, 3.63) is 50.7 Å². The zero-order valence-electron chi connectivity index (χ0n) is 19.3. The summed E-state index contributed by atoms with van der Waals surface area (Å²) in [4.78, 5) is 35.0. The molecule has 1 amide bonds. The molecule has 0 fully saturated rings. The highest BCUT2D eigenvalue weighted by atomic mass is 32.1. The van der Waals surface area contributed by atoms with Gasteiger partial charge in [-0.1, -0.05) is 0 Å². The van der Waals surface area contributed by atoms with E-state index in [2.05, 4.69) is 4.98 Å². The number of aliphatic hydroxyl groups excluding tert-OH is 1. The second-order valence-corrected chi connectivity index (χ2v) is 9.11. The van der Waals surface area contributed by atoms with Crippen LogP contribution < -0.4 is 9.47 Å². The van der Waals surface area contributed by atoms with Crippen LogP contribution in [-0.2, 0) is 4.79 Å². The minimum atomic E-state index is -0.802. The van der Waals surface area contributed by atoms with E-state index in [4.69, 9.17) is 9.47 Å². The number of carbonyl (C=O) groups excluding carboxylic acids is 2. The fourth-order valence-corrected chi connectivity index (χ4v) is 4.79. The summed E-state index contributed by atoms with van der Waals surface area (Å²) in [5, 5.41) is 11.6. The molecule has 2 aromatic rings. The molecule has 1 aromatic heterocycles.